The molecule has 2 aromatic heterocycles. The lowest BCUT2D eigenvalue weighted by molar-refractivity contribution is 0.192. The summed E-state index contributed by atoms with van der Waals surface area (Å²) >= 11 is 6.31. The summed E-state index contributed by atoms with van der Waals surface area (Å²) in [5.41, 5.74) is 5.38. The van der Waals surface area contributed by atoms with Crippen molar-refractivity contribution in [2.45, 2.75) is 45.8 Å². The summed E-state index contributed by atoms with van der Waals surface area (Å²) in [7, 11) is 0. The van der Waals surface area contributed by atoms with Crippen LogP contribution < -0.4 is 0 Å². The molecule has 0 N–H and O–H groups in total. The lowest BCUT2D eigenvalue weighted by Crippen LogP contribution is -2.38. The van der Waals surface area contributed by atoms with E-state index >= 15 is 0 Å². The maximum absolute atomic E-state index is 6.31. The first-order chi connectivity index (χ1) is 12.2. The zero-order chi connectivity index (χ0) is 17.4. The van der Waals surface area contributed by atoms with E-state index < -0.39 is 0 Å². The first-order valence-electron chi connectivity index (χ1n) is 9.10. The quantitative estimate of drug-likeness (QED) is 0.678. The SMILES string of the molecule is CCN1Cc2c(n(CCc3ccccn3)c3ccc(Cl)cc23)CC1C. The monoisotopic (exact) mass is 353 g/mol. The number of benzene rings is 1. The average molecular weight is 354 g/mol. The second-order valence-corrected chi connectivity index (χ2v) is 7.36. The van der Waals surface area contributed by atoms with Crippen molar-refractivity contribution in [1.29, 1.82) is 0 Å². The molecule has 25 heavy (non-hydrogen) atoms. The van der Waals surface area contributed by atoms with E-state index in [9.17, 15) is 0 Å². The molecular weight excluding hydrogens is 330 g/mol. The van der Waals surface area contributed by atoms with E-state index in [1.807, 2.05) is 18.3 Å². The Kier molecular flexibility index (Phi) is 4.53. The highest BCUT2D eigenvalue weighted by atomic mass is 35.5. The van der Waals surface area contributed by atoms with Crippen LogP contribution in [0.3, 0.4) is 0 Å². The van der Waals surface area contributed by atoms with Gasteiger partial charge in [-0.1, -0.05) is 24.6 Å². The predicted octanol–water partition coefficient (Wildman–Crippen LogP) is 4.70. The van der Waals surface area contributed by atoms with Crippen LogP contribution in [0.2, 0.25) is 5.02 Å². The largest absolute Gasteiger partial charge is 0.344 e. The van der Waals surface area contributed by atoms with Gasteiger partial charge in [0.05, 0.1) is 0 Å². The van der Waals surface area contributed by atoms with Crippen molar-refractivity contribution in [3.63, 3.8) is 0 Å². The smallest absolute Gasteiger partial charge is 0.0487 e. The normalized spacial score (nSPS) is 17.8. The van der Waals surface area contributed by atoms with Crippen LogP contribution in [0, 0.1) is 0 Å². The van der Waals surface area contributed by atoms with Crippen molar-refractivity contribution in [2.24, 2.45) is 0 Å². The molecule has 0 aliphatic carbocycles. The van der Waals surface area contributed by atoms with Gasteiger partial charge >= 0.3 is 0 Å². The van der Waals surface area contributed by atoms with E-state index in [1.54, 1.807) is 0 Å². The lowest BCUT2D eigenvalue weighted by Gasteiger charge is -2.33. The molecule has 1 aliphatic heterocycles. The molecule has 3 nitrogen and oxygen atoms in total. The third-order valence-electron chi connectivity index (χ3n) is 5.45. The minimum absolute atomic E-state index is 0.575. The first kappa shape index (κ1) is 16.6. The van der Waals surface area contributed by atoms with Gasteiger partial charge < -0.3 is 4.57 Å². The Morgan fingerprint density at radius 3 is 2.88 bits per heavy atom. The molecule has 0 bridgehead atoms. The number of likely N-dealkylation sites (N-methyl/N-ethyl adjacent to an activating group) is 1. The Morgan fingerprint density at radius 1 is 1.24 bits per heavy atom. The maximum Gasteiger partial charge on any atom is 0.0487 e. The number of hydrogen-bond donors (Lipinski definition) is 0. The second kappa shape index (κ2) is 6.81. The third-order valence-corrected chi connectivity index (χ3v) is 5.68. The van der Waals surface area contributed by atoms with Crippen LogP contribution in [-0.4, -0.2) is 27.0 Å². The number of pyridine rings is 1. The molecule has 130 valence electrons. The molecule has 1 aromatic carbocycles. The summed E-state index contributed by atoms with van der Waals surface area (Å²) in [6, 6.07) is 13.0. The molecular formula is C21H24ClN3. The molecule has 3 heterocycles. The summed E-state index contributed by atoms with van der Waals surface area (Å²) < 4.78 is 2.50. The van der Waals surface area contributed by atoms with Gasteiger partial charge in [-0.25, -0.2) is 0 Å². The fraction of sp³-hybridized carbons (Fsp3) is 0.381. The first-order valence-corrected chi connectivity index (χ1v) is 9.48. The molecule has 1 atom stereocenters. The molecule has 4 rings (SSSR count). The maximum atomic E-state index is 6.31. The predicted molar refractivity (Wildman–Crippen MR) is 104 cm³/mol. The Labute approximate surface area is 154 Å². The van der Waals surface area contributed by atoms with E-state index in [4.69, 9.17) is 11.6 Å². The summed E-state index contributed by atoms with van der Waals surface area (Å²) in [6.07, 6.45) is 3.92. The third kappa shape index (κ3) is 3.07. The highest BCUT2D eigenvalue weighted by Crippen LogP contribution is 2.34. The van der Waals surface area contributed by atoms with Gasteiger partial charge in [-0.3, -0.25) is 9.88 Å². The van der Waals surface area contributed by atoms with Gasteiger partial charge in [0.2, 0.25) is 0 Å². The molecule has 1 unspecified atom stereocenters. The summed E-state index contributed by atoms with van der Waals surface area (Å²) in [4.78, 5) is 7.03. The summed E-state index contributed by atoms with van der Waals surface area (Å²) in [6.45, 7) is 7.64. The zero-order valence-corrected chi connectivity index (χ0v) is 15.6. The Hall–Kier alpha value is -1.84. The fourth-order valence-corrected chi connectivity index (χ4v) is 4.25. The molecule has 0 spiro atoms. The van der Waals surface area contributed by atoms with Crippen LogP contribution in [0.5, 0.6) is 0 Å². The minimum atomic E-state index is 0.575. The van der Waals surface area contributed by atoms with E-state index in [0.717, 1.165) is 43.2 Å². The van der Waals surface area contributed by atoms with Gasteiger partial charge in [-0.2, -0.15) is 0 Å². The number of hydrogen-bond acceptors (Lipinski definition) is 2. The highest BCUT2D eigenvalue weighted by Gasteiger charge is 2.27. The molecule has 0 radical (unpaired) electrons. The van der Waals surface area contributed by atoms with Gasteiger partial charge in [0, 0.05) is 65.5 Å². The van der Waals surface area contributed by atoms with Crippen LogP contribution in [0.15, 0.2) is 42.6 Å². The molecule has 0 saturated carbocycles. The van der Waals surface area contributed by atoms with Crippen LogP contribution in [0.4, 0.5) is 0 Å². The topological polar surface area (TPSA) is 21.1 Å². The minimum Gasteiger partial charge on any atom is -0.344 e. The van der Waals surface area contributed by atoms with E-state index in [2.05, 4.69) is 52.6 Å². The Morgan fingerprint density at radius 2 is 2.12 bits per heavy atom. The standard InChI is InChI=1S/C21H24ClN3/c1-3-24-14-19-18-13-16(22)7-8-20(18)25(21(19)12-15(24)2)11-9-17-6-4-5-10-23-17/h4-8,10,13,15H,3,9,11-12,14H2,1-2H3. The number of fused-ring (bicyclic) bond motifs is 3. The van der Waals surface area contributed by atoms with Crippen molar-refractivity contribution in [1.82, 2.24) is 14.5 Å². The average Bonchev–Trinajstić information content (AvgIpc) is 2.92. The number of halogens is 1. The zero-order valence-electron chi connectivity index (χ0n) is 14.9. The Balaban J connectivity index is 1.77. The van der Waals surface area contributed by atoms with E-state index in [0.29, 0.717) is 6.04 Å². The molecule has 0 fully saturated rings. The Bertz CT molecular complexity index is 885. The van der Waals surface area contributed by atoms with Crippen molar-refractivity contribution in [3.8, 4) is 0 Å². The number of nitrogens with zero attached hydrogens (tertiary/aromatic N) is 3. The second-order valence-electron chi connectivity index (χ2n) is 6.93. The molecule has 3 aromatic rings. The number of aryl methyl sites for hydroxylation is 2. The van der Waals surface area contributed by atoms with Gasteiger partial charge in [0.25, 0.3) is 0 Å². The summed E-state index contributed by atoms with van der Waals surface area (Å²) in [5.74, 6) is 0. The van der Waals surface area contributed by atoms with Crippen molar-refractivity contribution < 1.29 is 0 Å². The van der Waals surface area contributed by atoms with Gasteiger partial charge in [0.1, 0.15) is 0 Å². The van der Waals surface area contributed by atoms with Crippen LogP contribution in [0.25, 0.3) is 10.9 Å². The van der Waals surface area contributed by atoms with Gasteiger partial charge in [0.15, 0.2) is 0 Å². The van der Waals surface area contributed by atoms with Crippen LogP contribution in [0.1, 0.15) is 30.8 Å². The van der Waals surface area contributed by atoms with Crippen LogP contribution in [-0.2, 0) is 25.9 Å². The van der Waals surface area contributed by atoms with E-state index in [-0.39, 0.29) is 0 Å². The molecule has 4 heteroatoms. The number of aromatic nitrogens is 2. The van der Waals surface area contributed by atoms with Gasteiger partial charge in [-0.05, 0) is 49.4 Å². The van der Waals surface area contributed by atoms with Crippen molar-refractivity contribution >= 4 is 22.5 Å². The van der Waals surface area contributed by atoms with Crippen LogP contribution >= 0.6 is 11.6 Å². The fourth-order valence-electron chi connectivity index (χ4n) is 4.08. The van der Waals surface area contributed by atoms with Crippen molar-refractivity contribution in [2.75, 3.05) is 6.54 Å². The molecule has 1 aliphatic rings. The summed E-state index contributed by atoms with van der Waals surface area (Å²) in [5, 5.41) is 2.13. The lowest BCUT2D eigenvalue weighted by atomic mass is 9.99. The van der Waals surface area contributed by atoms with Gasteiger partial charge in [-0.15, -0.1) is 0 Å². The van der Waals surface area contributed by atoms with E-state index in [1.165, 1.54) is 22.2 Å². The number of rotatable bonds is 4. The van der Waals surface area contributed by atoms with Crippen molar-refractivity contribution in [3.05, 3.63) is 64.6 Å². The molecule has 0 saturated heterocycles. The molecule has 0 amide bonds. The highest BCUT2D eigenvalue weighted by molar-refractivity contribution is 6.31.